The second kappa shape index (κ2) is 8.51. The molecular weight excluding hydrogens is 382 g/mol. The van der Waals surface area contributed by atoms with E-state index in [2.05, 4.69) is 15.6 Å². The average molecular weight is 405 g/mol. The van der Waals surface area contributed by atoms with Crippen LogP contribution in [0.4, 0.5) is 10.7 Å². The molecule has 28 heavy (non-hydrogen) atoms. The molecule has 1 aliphatic heterocycles. The Morgan fingerprint density at radius 3 is 2.71 bits per heavy atom. The maximum Gasteiger partial charge on any atom is 0.325 e. The number of thioether (sulfide) groups is 1. The summed E-state index contributed by atoms with van der Waals surface area (Å²) in [6.07, 6.45) is 2.30. The molecule has 0 radical (unpaired) electrons. The number of carbonyl (C=O) groups excluding carboxylic acids is 2. The number of anilines is 1. The van der Waals surface area contributed by atoms with Gasteiger partial charge in [-0.05, 0) is 37.5 Å². The third-order valence-electron chi connectivity index (χ3n) is 4.62. The zero-order valence-corrected chi connectivity index (χ0v) is 16.5. The van der Waals surface area contributed by atoms with Crippen LogP contribution < -0.4 is 15.5 Å². The van der Waals surface area contributed by atoms with Crippen LogP contribution in [-0.2, 0) is 16.1 Å². The Bertz CT molecular complexity index is 899. The van der Waals surface area contributed by atoms with Gasteiger partial charge in [-0.1, -0.05) is 12.1 Å². The Balaban J connectivity index is 1.74. The summed E-state index contributed by atoms with van der Waals surface area (Å²) < 4.78 is 1.97. The predicted molar refractivity (Wildman–Crippen MR) is 108 cm³/mol. The number of hydrogen-bond acceptors (Lipinski definition) is 5. The van der Waals surface area contributed by atoms with Crippen molar-refractivity contribution in [3.63, 3.8) is 0 Å². The fourth-order valence-electron chi connectivity index (χ4n) is 3.09. The quantitative estimate of drug-likeness (QED) is 0.639. The number of amides is 3. The number of urea groups is 1. The summed E-state index contributed by atoms with van der Waals surface area (Å²) in [5, 5.41) is 14.2. The van der Waals surface area contributed by atoms with Crippen LogP contribution >= 0.6 is 11.8 Å². The first kappa shape index (κ1) is 20.0. The zero-order valence-electron chi connectivity index (χ0n) is 15.7. The Kier molecular flexibility index (Phi) is 6.08. The summed E-state index contributed by atoms with van der Waals surface area (Å²) in [4.78, 5) is 42.3. The van der Waals surface area contributed by atoms with Crippen LogP contribution in [0, 0.1) is 0 Å². The molecule has 9 nitrogen and oxygen atoms in total. The number of aromatic nitrogens is 2. The number of nitrogens with one attached hydrogen (secondary N) is 2. The minimum absolute atomic E-state index is 0.398. The summed E-state index contributed by atoms with van der Waals surface area (Å²) in [5.74, 6) is -0.443. The topological polar surface area (TPSA) is 117 Å². The number of aliphatic carboxylic acids is 1. The first-order valence-corrected chi connectivity index (χ1v) is 10.4. The first-order valence-electron chi connectivity index (χ1n) is 8.97. The van der Waals surface area contributed by atoms with Crippen LogP contribution in [0.3, 0.4) is 0 Å². The van der Waals surface area contributed by atoms with Crippen LogP contribution in [0.1, 0.15) is 13.3 Å². The lowest BCUT2D eigenvalue weighted by Gasteiger charge is -2.22. The molecule has 1 aromatic carbocycles. The Morgan fingerprint density at radius 2 is 2.00 bits per heavy atom. The third-order valence-corrected chi connectivity index (χ3v) is 5.27. The molecule has 2 aromatic rings. The van der Waals surface area contributed by atoms with Gasteiger partial charge in [0.05, 0.1) is 11.0 Å². The van der Waals surface area contributed by atoms with E-state index < -0.39 is 30.0 Å². The summed E-state index contributed by atoms with van der Waals surface area (Å²) >= 11 is 1.55. The summed E-state index contributed by atoms with van der Waals surface area (Å²) in [5.41, 5.74) is 1.77. The highest BCUT2D eigenvalue weighted by molar-refractivity contribution is 7.98. The van der Waals surface area contributed by atoms with Crippen molar-refractivity contribution in [2.75, 3.05) is 23.5 Å². The Hall–Kier alpha value is -2.75. The number of fused-ring (bicyclic) bond motifs is 3. The summed E-state index contributed by atoms with van der Waals surface area (Å²) in [6, 6.07) is 5.39. The molecule has 1 aromatic heterocycles. The van der Waals surface area contributed by atoms with Crippen LogP contribution in [0.15, 0.2) is 24.3 Å². The number of benzene rings is 1. The Labute approximate surface area is 166 Å². The SMILES string of the molecule is CSCC[C@H](NC(=O)N1CCn2c1nc1ccccc12)C(=O)N[C@@H](C)C(=O)O. The molecule has 0 saturated heterocycles. The zero-order chi connectivity index (χ0) is 20.3. The van der Waals surface area contributed by atoms with E-state index in [0.717, 1.165) is 11.0 Å². The third kappa shape index (κ3) is 4.06. The van der Waals surface area contributed by atoms with E-state index in [0.29, 0.717) is 31.2 Å². The minimum Gasteiger partial charge on any atom is -0.480 e. The first-order chi connectivity index (χ1) is 13.4. The van der Waals surface area contributed by atoms with Crippen molar-refractivity contribution < 1.29 is 19.5 Å². The Morgan fingerprint density at radius 1 is 1.25 bits per heavy atom. The fourth-order valence-corrected chi connectivity index (χ4v) is 3.56. The number of rotatable bonds is 7. The van der Waals surface area contributed by atoms with Gasteiger partial charge in [0.1, 0.15) is 12.1 Å². The standard InChI is InChI=1S/C18H23N5O4S/c1-11(16(25)26)19-15(24)13(7-10-28-2)21-18(27)23-9-8-22-14-6-4-3-5-12(14)20-17(22)23/h3-6,11,13H,7-10H2,1-2H3,(H,19,24)(H,21,27)(H,25,26)/t11-,13-/m0/s1. The molecule has 0 unspecified atom stereocenters. The van der Waals surface area contributed by atoms with Gasteiger partial charge in [-0.15, -0.1) is 0 Å². The molecule has 3 amide bonds. The van der Waals surface area contributed by atoms with Gasteiger partial charge in [0, 0.05) is 13.1 Å². The lowest BCUT2D eigenvalue weighted by molar-refractivity contribution is -0.141. The highest BCUT2D eigenvalue weighted by atomic mass is 32.2. The van der Waals surface area contributed by atoms with Crippen LogP contribution in [-0.4, -0.2) is 63.2 Å². The molecule has 3 rings (SSSR count). The second-order valence-corrected chi connectivity index (χ2v) is 7.54. The average Bonchev–Trinajstić information content (AvgIpc) is 3.23. The largest absolute Gasteiger partial charge is 0.480 e. The fraction of sp³-hybridized carbons (Fsp3) is 0.444. The second-order valence-electron chi connectivity index (χ2n) is 6.56. The molecule has 10 heteroatoms. The number of hydrogen-bond donors (Lipinski definition) is 3. The molecular formula is C18H23N5O4S. The van der Waals surface area contributed by atoms with Crippen molar-refractivity contribution in [1.29, 1.82) is 0 Å². The number of carbonyl (C=O) groups is 3. The highest BCUT2D eigenvalue weighted by Gasteiger charge is 2.31. The number of carboxylic acids is 1. The number of carboxylic acid groups (broad SMARTS) is 1. The highest BCUT2D eigenvalue weighted by Crippen LogP contribution is 2.27. The molecule has 1 aliphatic rings. The molecule has 0 aliphatic carbocycles. The molecule has 2 heterocycles. The summed E-state index contributed by atoms with van der Waals surface area (Å²) in [7, 11) is 0. The van der Waals surface area contributed by atoms with Gasteiger partial charge in [-0.2, -0.15) is 11.8 Å². The monoisotopic (exact) mass is 405 g/mol. The van der Waals surface area contributed by atoms with E-state index in [-0.39, 0.29) is 0 Å². The summed E-state index contributed by atoms with van der Waals surface area (Å²) in [6.45, 7) is 2.47. The normalized spacial score (nSPS) is 15.1. The van der Waals surface area contributed by atoms with Crippen molar-refractivity contribution in [3.05, 3.63) is 24.3 Å². The van der Waals surface area contributed by atoms with Gasteiger partial charge in [0.25, 0.3) is 0 Å². The van der Waals surface area contributed by atoms with Crippen LogP contribution in [0.25, 0.3) is 11.0 Å². The van der Waals surface area contributed by atoms with Crippen molar-refractivity contribution in [2.24, 2.45) is 0 Å². The van der Waals surface area contributed by atoms with Gasteiger partial charge in [-0.25, -0.2) is 9.78 Å². The van der Waals surface area contributed by atoms with Gasteiger partial charge in [0.15, 0.2) is 0 Å². The molecule has 0 fully saturated rings. The van der Waals surface area contributed by atoms with Gasteiger partial charge in [0.2, 0.25) is 11.9 Å². The van der Waals surface area contributed by atoms with E-state index in [1.54, 1.807) is 11.8 Å². The van der Waals surface area contributed by atoms with Gasteiger partial charge in [-0.3, -0.25) is 14.5 Å². The smallest absolute Gasteiger partial charge is 0.325 e. The van der Waals surface area contributed by atoms with Crippen molar-refractivity contribution in [1.82, 2.24) is 20.2 Å². The van der Waals surface area contributed by atoms with Crippen molar-refractivity contribution in [2.45, 2.75) is 32.0 Å². The lowest BCUT2D eigenvalue weighted by atomic mass is 10.2. The molecule has 150 valence electrons. The van der Waals surface area contributed by atoms with Crippen molar-refractivity contribution >= 4 is 46.7 Å². The molecule has 3 N–H and O–H groups in total. The van der Waals surface area contributed by atoms with E-state index in [4.69, 9.17) is 5.11 Å². The van der Waals surface area contributed by atoms with Crippen molar-refractivity contribution in [3.8, 4) is 0 Å². The molecule has 2 atom stereocenters. The molecule has 0 saturated carbocycles. The van der Waals surface area contributed by atoms with E-state index in [1.807, 2.05) is 35.1 Å². The molecule has 0 spiro atoms. The van der Waals surface area contributed by atoms with Gasteiger partial charge < -0.3 is 20.3 Å². The van der Waals surface area contributed by atoms with E-state index in [9.17, 15) is 14.4 Å². The van der Waals surface area contributed by atoms with E-state index in [1.165, 1.54) is 11.8 Å². The predicted octanol–water partition coefficient (Wildman–Crippen LogP) is 1.28. The van der Waals surface area contributed by atoms with Gasteiger partial charge >= 0.3 is 12.0 Å². The maximum atomic E-state index is 12.8. The number of nitrogens with zero attached hydrogens (tertiary/aromatic N) is 3. The lowest BCUT2D eigenvalue weighted by Crippen LogP contribution is -2.53. The molecule has 0 bridgehead atoms. The van der Waals surface area contributed by atoms with E-state index >= 15 is 0 Å². The maximum absolute atomic E-state index is 12.8. The van der Waals surface area contributed by atoms with Crippen LogP contribution in [0.2, 0.25) is 0 Å². The minimum atomic E-state index is -1.13. The van der Waals surface area contributed by atoms with Crippen LogP contribution in [0.5, 0.6) is 0 Å². The number of imidazole rings is 1. The number of para-hydroxylation sites is 2.